The van der Waals surface area contributed by atoms with E-state index in [0.717, 1.165) is 37.1 Å². The molecule has 0 fully saturated rings. The second-order valence-electron chi connectivity index (χ2n) is 6.87. The monoisotopic (exact) mass is 477 g/mol. The molecule has 0 saturated heterocycles. The van der Waals surface area contributed by atoms with Crippen LogP contribution in [0.4, 0.5) is 5.69 Å². The van der Waals surface area contributed by atoms with Crippen LogP contribution in [0.25, 0.3) is 0 Å². The first-order chi connectivity index (χ1) is 11.8. The highest BCUT2D eigenvalue weighted by Crippen LogP contribution is 2.16. The van der Waals surface area contributed by atoms with Crippen molar-refractivity contribution in [3.8, 4) is 5.75 Å². The standard InChI is InChI=1S/C19H31N3O3.HI/c1-19(2,3)25-17(23)12-7-5-6-8-13-21-18(20)22-15-10-9-11-16(14-15)24-4;/h9-11,14H,5-8,12-13H2,1-4H3,(H3,20,21,22);1H. The fourth-order valence-electron chi connectivity index (χ4n) is 2.21. The molecular weight excluding hydrogens is 445 g/mol. The summed E-state index contributed by atoms with van der Waals surface area (Å²) in [7, 11) is 1.62. The molecule has 0 unspecified atom stereocenters. The molecule has 0 bridgehead atoms. The van der Waals surface area contributed by atoms with Crippen LogP contribution in [0.3, 0.4) is 0 Å². The summed E-state index contributed by atoms with van der Waals surface area (Å²) >= 11 is 0. The van der Waals surface area contributed by atoms with Crippen molar-refractivity contribution >= 4 is 41.6 Å². The maximum Gasteiger partial charge on any atom is 0.306 e. The number of carbonyl (C=O) groups is 1. The topological polar surface area (TPSA) is 85.9 Å². The van der Waals surface area contributed by atoms with Crippen molar-refractivity contribution in [3.05, 3.63) is 24.3 Å². The molecule has 0 spiro atoms. The number of nitrogens with two attached hydrogens (primary N) is 1. The van der Waals surface area contributed by atoms with Gasteiger partial charge in [0.1, 0.15) is 11.4 Å². The molecule has 1 rings (SSSR count). The molecule has 0 atom stereocenters. The number of methoxy groups -OCH3 is 1. The molecule has 148 valence electrons. The minimum absolute atomic E-state index is 0. The van der Waals surface area contributed by atoms with Crippen LogP contribution in [0.1, 0.15) is 52.9 Å². The number of hydrogen-bond acceptors (Lipinski definition) is 4. The van der Waals surface area contributed by atoms with Gasteiger partial charge in [0.15, 0.2) is 5.96 Å². The summed E-state index contributed by atoms with van der Waals surface area (Å²) in [5.74, 6) is 1.03. The molecule has 1 aromatic carbocycles. The third kappa shape index (κ3) is 11.9. The van der Waals surface area contributed by atoms with E-state index in [-0.39, 0.29) is 29.9 Å². The van der Waals surface area contributed by atoms with Gasteiger partial charge in [-0.05, 0) is 45.7 Å². The van der Waals surface area contributed by atoms with Gasteiger partial charge < -0.3 is 20.5 Å². The van der Waals surface area contributed by atoms with E-state index in [9.17, 15) is 4.79 Å². The molecule has 26 heavy (non-hydrogen) atoms. The number of nitrogens with one attached hydrogen (secondary N) is 1. The first-order valence-electron chi connectivity index (χ1n) is 8.73. The second-order valence-corrected chi connectivity index (χ2v) is 6.87. The van der Waals surface area contributed by atoms with Crippen molar-refractivity contribution in [2.24, 2.45) is 10.7 Å². The lowest BCUT2D eigenvalue weighted by molar-refractivity contribution is -0.154. The Morgan fingerprint density at radius 3 is 2.54 bits per heavy atom. The van der Waals surface area contributed by atoms with Crippen molar-refractivity contribution in [2.75, 3.05) is 19.0 Å². The maximum atomic E-state index is 11.6. The van der Waals surface area contributed by atoms with Gasteiger partial charge in [-0.1, -0.05) is 18.9 Å². The predicted molar refractivity (Wildman–Crippen MR) is 117 cm³/mol. The fourth-order valence-corrected chi connectivity index (χ4v) is 2.21. The van der Waals surface area contributed by atoms with Crippen molar-refractivity contribution in [2.45, 2.75) is 58.5 Å². The number of unbranched alkanes of at least 4 members (excludes halogenated alkanes) is 3. The van der Waals surface area contributed by atoms with Crippen molar-refractivity contribution in [3.63, 3.8) is 0 Å². The van der Waals surface area contributed by atoms with Crippen LogP contribution in [-0.2, 0) is 9.53 Å². The minimum Gasteiger partial charge on any atom is -0.497 e. The number of esters is 1. The molecule has 0 saturated carbocycles. The third-order valence-electron chi connectivity index (χ3n) is 3.33. The zero-order valence-electron chi connectivity index (χ0n) is 16.2. The summed E-state index contributed by atoms with van der Waals surface area (Å²) in [6, 6.07) is 7.52. The lowest BCUT2D eigenvalue weighted by Gasteiger charge is -2.19. The molecular formula is C19H32IN3O3. The normalized spacial score (nSPS) is 11.5. The number of rotatable bonds is 9. The fraction of sp³-hybridized carbons (Fsp3) is 0.579. The smallest absolute Gasteiger partial charge is 0.306 e. The molecule has 0 aliphatic carbocycles. The van der Waals surface area contributed by atoms with Crippen LogP contribution in [0.5, 0.6) is 5.75 Å². The zero-order valence-corrected chi connectivity index (χ0v) is 18.5. The largest absolute Gasteiger partial charge is 0.497 e. The molecule has 7 heteroatoms. The van der Waals surface area contributed by atoms with E-state index < -0.39 is 5.60 Å². The van der Waals surface area contributed by atoms with E-state index in [4.69, 9.17) is 15.2 Å². The summed E-state index contributed by atoms with van der Waals surface area (Å²) in [6.45, 7) is 6.31. The van der Waals surface area contributed by atoms with E-state index in [2.05, 4.69) is 10.3 Å². The van der Waals surface area contributed by atoms with E-state index in [0.29, 0.717) is 18.9 Å². The van der Waals surface area contributed by atoms with Crippen molar-refractivity contribution in [1.82, 2.24) is 0 Å². The van der Waals surface area contributed by atoms with Gasteiger partial charge in [-0.25, -0.2) is 0 Å². The Morgan fingerprint density at radius 1 is 1.19 bits per heavy atom. The Kier molecular flexibility index (Phi) is 12.0. The van der Waals surface area contributed by atoms with Crippen LogP contribution in [0.2, 0.25) is 0 Å². The summed E-state index contributed by atoms with van der Waals surface area (Å²) in [4.78, 5) is 15.9. The van der Waals surface area contributed by atoms with E-state index in [1.54, 1.807) is 7.11 Å². The number of nitrogens with zero attached hydrogens (tertiary/aromatic N) is 1. The summed E-state index contributed by atoms with van der Waals surface area (Å²) in [6.07, 6.45) is 4.25. The average Bonchev–Trinajstić information content (AvgIpc) is 2.52. The van der Waals surface area contributed by atoms with Gasteiger partial charge >= 0.3 is 5.97 Å². The van der Waals surface area contributed by atoms with Gasteiger partial charge in [0.05, 0.1) is 7.11 Å². The van der Waals surface area contributed by atoms with Gasteiger partial charge in [-0.15, -0.1) is 24.0 Å². The molecule has 0 radical (unpaired) electrons. The number of carbonyl (C=O) groups excluding carboxylic acids is 1. The number of halogens is 1. The highest BCUT2D eigenvalue weighted by molar-refractivity contribution is 14.0. The Morgan fingerprint density at radius 2 is 1.88 bits per heavy atom. The number of aliphatic imine (C=N–C) groups is 1. The van der Waals surface area contributed by atoms with E-state index in [1.165, 1.54) is 0 Å². The first-order valence-corrected chi connectivity index (χ1v) is 8.73. The van der Waals surface area contributed by atoms with E-state index in [1.807, 2.05) is 45.0 Å². The van der Waals surface area contributed by atoms with Crippen molar-refractivity contribution < 1.29 is 14.3 Å². The highest BCUT2D eigenvalue weighted by Gasteiger charge is 2.15. The van der Waals surface area contributed by atoms with Crippen molar-refractivity contribution in [1.29, 1.82) is 0 Å². The van der Waals surface area contributed by atoms with Crippen LogP contribution < -0.4 is 15.8 Å². The van der Waals surface area contributed by atoms with E-state index >= 15 is 0 Å². The van der Waals surface area contributed by atoms with Gasteiger partial charge in [-0.3, -0.25) is 9.79 Å². The molecule has 6 nitrogen and oxygen atoms in total. The lowest BCUT2D eigenvalue weighted by Crippen LogP contribution is -2.23. The number of anilines is 1. The lowest BCUT2D eigenvalue weighted by atomic mass is 10.1. The molecule has 0 amide bonds. The molecule has 0 aliphatic rings. The maximum absolute atomic E-state index is 11.6. The quantitative estimate of drug-likeness (QED) is 0.182. The SMILES string of the molecule is COc1cccc(NC(N)=NCCCCCCC(=O)OC(C)(C)C)c1.I. The summed E-state index contributed by atoms with van der Waals surface area (Å²) in [5.41, 5.74) is 6.32. The number of ether oxygens (including phenoxy) is 2. The summed E-state index contributed by atoms with van der Waals surface area (Å²) in [5, 5.41) is 3.04. The number of guanidine groups is 1. The minimum atomic E-state index is -0.404. The second kappa shape index (κ2) is 12.8. The number of benzene rings is 1. The van der Waals surface area contributed by atoms with Crippen LogP contribution in [0.15, 0.2) is 29.3 Å². The Hall–Kier alpha value is -1.51. The molecule has 0 aliphatic heterocycles. The Bertz CT molecular complexity index is 571. The van der Waals surface area contributed by atoms with Gasteiger partial charge in [0.25, 0.3) is 0 Å². The first kappa shape index (κ1) is 24.5. The zero-order chi connectivity index (χ0) is 18.7. The average molecular weight is 477 g/mol. The predicted octanol–water partition coefficient (Wildman–Crippen LogP) is 4.33. The highest BCUT2D eigenvalue weighted by atomic mass is 127. The molecule has 1 aromatic rings. The third-order valence-corrected chi connectivity index (χ3v) is 3.33. The van der Waals surface area contributed by atoms with Crippen LogP contribution >= 0.6 is 24.0 Å². The van der Waals surface area contributed by atoms with Gasteiger partial charge in [0.2, 0.25) is 0 Å². The van der Waals surface area contributed by atoms with Crippen LogP contribution in [0, 0.1) is 0 Å². The van der Waals surface area contributed by atoms with Gasteiger partial charge in [0, 0.05) is 24.7 Å². The summed E-state index contributed by atoms with van der Waals surface area (Å²) < 4.78 is 10.4. The molecule has 0 heterocycles. The number of hydrogen-bond donors (Lipinski definition) is 2. The molecule has 0 aromatic heterocycles. The van der Waals surface area contributed by atoms with Gasteiger partial charge in [-0.2, -0.15) is 0 Å². The molecule has 3 N–H and O–H groups in total. The Balaban J connectivity index is 0.00000625. The van der Waals surface area contributed by atoms with Crippen LogP contribution in [-0.4, -0.2) is 31.2 Å². The Labute approximate surface area is 173 Å².